The molecule has 1 N–H and O–H groups in total. The molecule has 0 radical (unpaired) electrons. The molecule has 2 nitrogen and oxygen atoms in total. The van der Waals surface area contributed by atoms with Gasteiger partial charge in [-0.15, -0.1) is 0 Å². The summed E-state index contributed by atoms with van der Waals surface area (Å²) in [6.45, 7) is 4.91. The quantitative estimate of drug-likeness (QED) is 0.673. The molecule has 3 aromatic rings. The molecule has 0 saturated carbocycles. The van der Waals surface area contributed by atoms with Gasteiger partial charge in [0.2, 0.25) is 0 Å². The van der Waals surface area contributed by atoms with Crippen molar-refractivity contribution in [2.24, 2.45) is 5.41 Å². The van der Waals surface area contributed by atoms with Gasteiger partial charge in [-0.25, -0.2) is 0 Å². The minimum absolute atomic E-state index is 0.245. The molecule has 0 aliphatic carbocycles. The van der Waals surface area contributed by atoms with E-state index < -0.39 is 7.92 Å². The van der Waals surface area contributed by atoms with E-state index in [2.05, 4.69) is 97.2 Å². The van der Waals surface area contributed by atoms with E-state index in [-0.39, 0.29) is 5.41 Å². The average molecular weight is 361 g/mol. The molecule has 1 aliphatic heterocycles. The van der Waals surface area contributed by atoms with Gasteiger partial charge >= 0.3 is 0 Å². The minimum Gasteiger partial charge on any atom is -0.384 e. The maximum absolute atomic E-state index is 5.41. The molecule has 3 aromatic carbocycles. The second-order valence-corrected chi connectivity index (χ2v) is 9.37. The first-order valence-electron chi connectivity index (χ1n) is 9.06. The highest BCUT2D eigenvalue weighted by Crippen LogP contribution is 2.36. The summed E-state index contributed by atoms with van der Waals surface area (Å²) in [6, 6.07) is 30.4. The van der Waals surface area contributed by atoms with Gasteiger partial charge in [0, 0.05) is 23.0 Å². The Labute approximate surface area is 157 Å². The fourth-order valence-electron chi connectivity index (χ4n) is 3.26. The van der Waals surface area contributed by atoms with Gasteiger partial charge in [0.15, 0.2) is 0 Å². The zero-order valence-electron chi connectivity index (χ0n) is 15.1. The van der Waals surface area contributed by atoms with Crippen LogP contribution in [0.25, 0.3) is 0 Å². The molecule has 0 atom stereocenters. The number of benzene rings is 3. The molecule has 1 saturated heterocycles. The normalized spacial score (nSPS) is 15.5. The molecule has 132 valence electrons. The highest BCUT2D eigenvalue weighted by atomic mass is 31.1. The first-order chi connectivity index (χ1) is 12.8. The third kappa shape index (κ3) is 3.67. The lowest BCUT2D eigenvalue weighted by Crippen LogP contribution is -2.45. The summed E-state index contributed by atoms with van der Waals surface area (Å²) in [5.41, 5.74) is 1.48. The fraction of sp³-hybridized carbons (Fsp3) is 0.217. The molecule has 26 heavy (non-hydrogen) atoms. The van der Waals surface area contributed by atoms with Gasteiger partial charge in [-0.1, -0.05) is 85.8 Å². The molecule has 1 fully saturated rings. The fourth-order valence-corrected chi connectivity index (χ4v) is 5.69. The topological polar surface area (TPSA) is 21.3 Å². The Bertz CT molecular complexity index is 807. The highest BCUT2D eigenvalue weighted by Gasteiger charge is 2.33. The molecular weight excluding hydrogens is 337 g/mol. The number of para-hydroxylation sites is 1. The number of anilines is 1. The molecule has 3 heteroatoms. The number of hydrogen-bond acceptors (Lipinski definition) is 2. The van der Waals surface area contributed by atoms with Crippen LogP contribution >= 0.6 is 7.92 Å². The Morgan fingerprint density at radius 3 is 1.88 bits per heavy atom. The van der Waals surface area contributed by atoms with E-state index in [1.807, 2.05) is 0 Å². The van der Waals surface area contributed by atoms with E-state index in [1.54, 1.807) is 0 Å². The summed E-state index contributed by atoms with van der Waals surface area (Å²) >= 11 is 0. The van der Waals surface area contributed by atoms with Crippen LogP contribution in [0.2, 0.25) is 0 Å². The van der Waals surface area contributed by atoms with Crippen molar-refractivity contribution in [1.29, 1.82) is 0 Å². The van der Waals surface area contributed by atoms with Crippen LogP contribution in [0.5, 0.6) is 0 Å². The summed E-state index contributed by atoms with van der Waals surface area (Å²) in [4.78, 5) is 0. The van der Waals surface area contributed by atoms with Crippen molar-refractivity contribution in [3.8, 4) is 0 Å². The number of rotatable bonds is 6. The van der Waals surface area contributed by atoms with Crippen LogP contribution < -0.4 is 21.2 Å². The second-order valence-electron chi connectivity index (χ2n) is 7.18. The molecule has 0 unspecified atom stereocenters. The second kappa shape index (κ2) is 7.61. The Balaban J connectivity index is 1.72. The Morgan fingerprint density at radius 2 is 1.35 bits per heavy atom. The van der Waals surface area contributed by atoms with E-state index in [0.29, 0.717) is 0 Å². The van der Waals surface area contributed by atoms with Crippen molar-refractivity contribution in [3.05, 3.63) is 84.9 Å². The van der Waals surface area contributed by atoms with Gasteiger partial charge in [0.05, 0.1) is 13.2 Å². The summed E-state index contributed by atoms with van der Waals surface area (Å²) in [6.07, 6.45) is 0. The van der Waals surface area contributed by atoms with Crippen LogP contribution in [0, 0.1) is 5.41 Å². The zero-order valence-corrected chi connectivity index (χ0v) is 16.0. The Hall–Kier alpha value is -2.15. The van der Waals surface area contributed by atoms with Gasteiger partial charge in [-0.2, -0.15) is 0 Å². The van der Waals surface area contributed by atoms with Gasteiger partial charge in [0.1, 0.15) is 0 Å². The highest BCUT2D eigenvalue weighted by molar-refractivity contribution is 7.80. The van der Waals surface area contributed by atoms with Crippen molar-refractivity contribution in [2.45, 2.75) is 6.92 Å². The predicted molar refractivity (Wildman–Crippen MR) is 113 cm³/mol. The third-order valence-electron chi connectivity index (χ3n) is 4.78. The molecule has 0 amide bonds. The van der Waals surface area contributed by atoms with Crippen LogP contribution in [0.4, 0.5) is 5.69 Å². The summed E-state index contributed by atoms with van der Waals surface area (Å²) in [5, 5.41) is 7.84. The van der Waals surface area contributed by atoms with Crippen LogP contribution in [-0.4, -0.2) is 19.8 Å². The molecule has 1 aliphatic rings. The van der Waals surface area contributed by atoms with E-state index in [4.69, 9.17) is 4.74 Å². The lowest BCUT2D eigenvalue weighted by atomic mass is 9.89. The van der Waals surface area contributed by atoms with Crippen LogP contribution in [-0.2, 0) is 4.74 Å². The van der Waals surface area contributed by atoms with Gasteiger partial charge in [-0.3, -0.25) is 0 Å². The van der Waals surface area contributed by atoms with Crippen LogP contribution in [0.15, 0.2) is 84.9 Å². The van der Waals surface area contributed by atoms with E-state index in [9.17, 15) is 0 Å². The molecule has 0 spiro atoms. The van der Waals surface area contributed by atoms with Crippen LogP contribution in [0.1, 0.15) is 6.92 Å². The van der Waals surface area contributed by atoms with E-state index in [1.165, 1.54) is 21.6 Å². The SMILES string of the molecule is CC1(CNc2ccccc2P(c2ccccc2)c2ccccc2)COC1. The summed E-state index contributed by atoms with van der Waals surface area (Å²) in [5.74, 6) is 0. The lowest BCUT2D eigenvalue weighted by molar-refractivity contribution is -0.0924. The van der Waals surface area contributed by atoms with Crippen molar-refractivity contribution >= 4 is 29.5 Å². The zero-order chi connectivity index (χ0) is 17.8. The maximum atomic E-state index is 5.41. The van der Waals surface area contributed by atoms with E-state index in [0.717, 1.165) is 19.8 Å². The molecule has 4 rings (SSSR count). The van der Waals surface area contributed by atoms with Gasteiger partial charge in [0.25, 0.3) is 0 Å². The van der Waals surface area contributed by atoms with Gasteiger partial charge < -0.3 is 10.1 Å². The molecule has 1 heterocycles. The van der Waals surface area contributed by atoms with E-state index >= 15 is 0 Å². The maximum Gasteiger partial charge on any atom is 0.0559 e. The van der Waals surface area contributed by atoms with Crippen molar-refractivity contribution < 1.29 is 4.74 Å². The first-order valence-corrected chi connectivity index (χ1v) is 10.4. The molecule has 0 aromatic heterocycles. The Morgan fingerprint density at radius 1 is 0.808 bits per heavy atom. The first kappa shape index (κ1) is 17.3. The van der Waals surface area contributed by atoms with Crippen molar-refractivity contribution in [1.82, 2.24) is 0 Å². The van der Waals surface area contributed by atoms with Crippen molar-refractivity contribution in [3.63, 3.8) is 0 Å². The average Bonchev–Trinajstić information content (AvgIpc) is 2.68. The smallest absolute Gasteiger partial charge is 0.0559 e. The predicted octanol–water partition coefficient (Wildman–Crippen LogP) is 3.89. The largest absolute Gasteiger partial charge is 0.384 e. The van der Waals surface area contributed by atoms with Gasteiger partial charge in [-0.05, 0) is 24.6 Å². The molecular formula is C23H24NOP. The number of nitrogens with one attached hydrogen (secondary N) is 1. The number of ether oxygens (including phenoxy) is 1. The van der Waals surface area contributed by atoms with Crippen molar-refractivity contribution in [2.75, 3.05) is 25.1 Å². The third-order valence-corrected chi connectivity index (χ3v) is 7.28. The lowest BCUT2D eigenvalue weighted by Gasteiger charge is -2.38. The summed E-state index contributed by atoms with van der Waals surface area (Å²) in [7, 11) is -0.594. The Kier molecular flexibility index (Phi) is 5.06. The van der Waals surface area contributed by atoms with Crippen LogP contribution in [0.3, 0.4) is 0 Å². The standard InChI is InChI=1S/C23H24NOP/c1-23(17-25-18-23)16-24-21-14-8-9-15-22(21)26(19-10-4-2-5-11-19)20-12-6-3-7-13-20/h2-15,24H,16-18H2,1H3. The monoisotopic (exact) mass is 361 g/mol. The minimum atomic E-state index is -0.594. The number of hydrogen-bond donors (Lipinski definition) is 1. The molecule has 0 bridgehead atoms. The summed E-state index contributed by atoms with van der Waals surface area (Å²) < 4.78 is 5.41.